The number of hydrogen-bond acceptors (Lipinski definition) is 3. The van der Waals surface area contributed by atoms with E-state index in [1.807, 2.05) is 0 Å². The molecule has 5 aliphatic rings. The molecular formula is C10H10O3S. The third-order valence-electron chi connectivity index (χ3n) is 5.78. The highest BCUT2D eigenvalue weighted by Crippen LogP contribution is 2.78. The zero-order valence-electron chi connectivity index (χ0n) is 7.46. The molecule has 0 aromatic heterocycles. The van der Waals surface area contributed by atoms with Crippen molar-refractivity contribution < 1.29 is 13.2 Å². The molecule has 5 fully saturated rings. The molecular weight excluding hydrogens is 200 g/mol. The largest absolute Gasteiger partial charge is 0.299 e. The minimum absolute atomic E-state index is 0.0521. The van der Waals surface area contributed by atoms with Crippen LogP contribution >= 0.6 is 0 Å². The maximum absolute atomic E-state index is 12.1. The molecule has 0 aromatic carbocycles. The molecule has 8 atom stereocenters. The van der Waals surface area contributed by atoms with Gasteiger partial charge in [-0.2, -0.15) is 0 Å². The average molecular weight is 210 g/mol. The number of carbonyl (C=O) groups is 1. The summed E-state index contributed by atoms with van der Waals surface area (Å²) >= 11 is 0. The molecule has 0 spiro atoms. The van der Waals surface area contributed by atoms with Gasteiger partial charge in [-0.25, -0.2) is 8.42 Å². The van der Waals surface area contributed by atoms with Gasteiger partial charge in [-0.1, -0.05) is 0 Å². The molecule has 0 N–H and O–H groups in total. The van der Waals surface area contributed by atoms with Crippen LogP contribution in [0.1, 0.15) is 6.42 Å². The quantitative estimate of drug-likeness (QED) is 0.559. The van der Waals surface area contributed by atoms with Gasteiger partial charge in [0.25, 0.3) is 0 Å². The molecule has 4 aliphatic carbocycles. The summed E-state index contributed by atoms with van der Waals surface area (Å²) in [6, 6.07) is 0. The van der Waals surface area contributed by atoms with Crippen molar-refractivity contribution in [3.05, 3.63) is 0 Å². The average Bonchev–Trinajstić information content (AvgIpc) is 2.52. The fraction of sp³-hybridized carbons (Fsp3) is 0.900. The first kappa shape index (κ1) is 6.99. The van der Waals surface area contributed by atoms with Crippen LogP contribution < -0.4 is 0 Å². The Morgan fingerprint density at radius 2 is 1.79 bits per heavy atom. The Labute approximate surface area is 81.8 Å². The molecule has 4 heteroatoms. The highest BCUT2D eigenvalue weighted by atomic mass is 32.2. The summed E-state index contributed by atoms with van der Waals surface area (Å²) in [7, 11) is -2.90. The fourth-order valence-electron chi connectivity index (χ4n) is 5.73. The lowest BCUT2D eigenvalue weighted by atomic mass is 9.64. The van der Waals surface area contributed by atoms with Crippen molar-refractivity contribution in [1.29, 1.82) is 0 Å². The second kappa shape index (κ2) is 1.51. The van der Waals surface area contributed by atoms with Crippen molar-refractivity contribution in [2.45, 2.75) is 16.9 Å². The maximum atomic E-state index is 12.1. The van der Waals surface area contributed by atoms with E-state index in [4.69, 9.17) is 0 Å². The monoisotopic (exact) mass is 210 g/mol. The van der Waals surface area contributed by atoms with E-state index < -0.39 is 9.84 Å². The number of ketones is 1. The van der Waals surface area contributed by atoms with E-state index in [1.54, 1.807) is 0 Å². The Morgan fingerprint density at radius 3 is 2.57 bits per heavy atom. The molecule has 4 saturated carbocycles. The van der Waals surface area contributed by atoms with E-state index >= 15 is 0 Å². The summed E-state index contributed by atoms with van der Waals surface area (Å²) < 4.78 is 24.2. The summed E-state index contributed by atoms with van der Waals surface area (Å²) in [6.07, 6.45) is 1.04. The SMILES string of the molecule is O=C1[C@@H]2[C@H]3C[C@@H]4[C@H]5[C@H]3[C@H]1[C@@H]5S(=O)(=O)[C@H]42. The third kappa shape index (κ3) is 0.369. The van der Waals surface area contributed by atoms with Crippen LogP contribution in [0.25, 0.3) is 0 Å². The number of fused-ring (bicyclic) bond motifs is 2. The maximum Gasteiger partial charge on any atom is 0.158 e. The van der Waals surface area contributed by atoms with Crippen LogP contribution in [0.2, 0.25) is 0 Å². The topological polar surface area (TPSA) is 51.2 Å². The molecule has 5 rings (SSSR count). The van der Waals surface area contributed by atoms with Gasteiger partial charge in [0.1, 0.15) is 5.78 Å². The number of hydrogen-bond donors (Lipinski definition) is 0. The van der Waals surface area contributed by atoms with E-state index in [-0.39, 0.29) is 22.3 Å². The number of sulfone groups is 1. The lowest BCUT2D eigenvalue weighted by Crippen LogP contribution is -2.52. The second-order valence-corrected chi connectivity index (χ2v) is 7.96. The molecule has 2 bridgehead atoms. The minimum Gasteiger partial charge on any atom is -0.299 e. The summed E-state index contributed by atoms with van der Waals surface area (Å²) in [5.74, 6) is 1.97. The number of rotatable bonds is 0. The van der Waals surface area contributed by atoms with Crippen molar-refractivity contribution in [3.63, 3.8) is 0 Å². The van der Waals surface area contributed by atoms with Gasteiger partial charge >= 0.3 is 0 Å². The van der Waals surface area contributed by atoms with Crippen LogP contribution in [-0.4, -0.2) is 24.7 Å². The van der Waals surface area contributed by atoms with Crippen molar-refractivity contribution in [2.24, 2.45) is 35.5 Å². The van der Waals surface area contributed by atoms with E-state index in [1.165, 1.54) is 0 Å². The lowest BCUT2D eigenvalue weighted by Gasteiger charge is -2.42. The van der Waals surface area contributed by atoms with E-state index in [0.717, 1.165) is 6.42 Å². The molecule has 14 heavy (non-hydrogen) atoms. The third-order valence-corrected chi connectivity index (χ3v) is 8.55. The van der Waals surface area contributed by atoms with Gasteiger partial charge in [0.2, 0.25) is 0 Å². The van der Waals surface area contributed by atoms with E-state index in [2.05, 4.69) is 0 Å². The Bertz CT molecular complexity index is 493. The zero-order valence-corrected chi connectivity index (χ0v) is 8.28. The Balaban J connectivity index is 1.95. The van der Waals surface area contributed by atoms with Crippen LogP contribution in [0.3, 0.4) is 0 Å². The predicted molar refractivity (Wildman–Crippen MR) is 47.1 cm³/mol. The normalized spacial score (nSPS) is 73.3. The lowest BCUT2D eigenvalue weighted by molar-refractivity contribution is -0.126. The molecule has 74 valence electrons. The fourth-order valence-corrected chi connectivity index (χ4v) is 9.16. The van der Waals surface area contributed by atoms with Gasteiger partial charge in [0, 0.05) is 11.8 Å². The Hall–Kier alpha value is -0.380. The van der Waals surface area contributed by atoms with E-state index in [0.29, 0.717) is 29.5 Å². The Kier molecular flexibility index (Phi) is 0.752. The zero-order chi connectivity index (χ0) is 9.40. The summed E-state index contributed by atoms with van der Waals surface area (Å²) in [5.41, 5.74) is 0. The van der Waals surface area contributed by atoms with Gasteiger partial charge in [0.15, 0.2) is 9.84 Å². The smallest absolute Gasteiger partial charge is 0.158 e. The summed E-state index contributed by atoms with van der Waals surface area (Å²) in [5, 5.41) is -0.455. The molecule has 0 unspecified atom stereocenters. The molecule has 1 heterocycles. The van der Waals surface area contributed by atoms with Crippen LogP contribution in [0.15, 0.2) is 0 Å². The van der Waals surface area contributed by atoms with Gasteiger partial charge in [0.05, 0.1) is 10.5 Å². The van der Waals surface area contributed by atoms with Crippen molar-refractivity contribution in [1.82, 2.24) is 0 Å². The summed E-state index contributed by atoms with van der Waals surface area (Å²) in [4.78, 5) is 11.9. The predicted octanol–water partition coefficient (Wildman–Crippen LogP) is -0.137. The number of Topliss-reactive ketones (excluding diaryl/α,β-unsaturated/α-hetero) is 1. The second-order valence-electron chi connectivity index (χ2n) is 5.69. The highest BCUT2D eigenvalue weighted by Gasteiger charge is 2.86. The molecule has 1 saturated heterocycles. The van der Waals surface area contributed by atoms with Crippen LogP contribution in [-0.2, 0) is 14.6 Å². The van der Waals surface area contributed by atoms with Crippen molar-refractivity contribution in [3.8, 4) is 0 Å². The standard InChI is InChI=1S/C10H10O3S/c11-8-6-2-1-3-5-4(2)7(8)10(5)14(12,13)9(3)6/h2-7,9-10H,1H2/t2-,3+,4-,5-,6-,7+,9+,10+/m0/s1. The number of carbonyl (C=O) groups excluding carboxylic acids is 1. The van der Waals surface area contributed by atoms with Gasteiger partial charge in [-0.05, 0) is 30.1 Å². The molecule has 3 nitrogen and oxygen atoms in total. The van der Waals surface area contributed by atoms with Gasteiger partial charge in [-0.15, -0.1) is 0 Å². The van der Waals surface area contributed by atoms with Crippen LogP contribution in [0.4, 0.5) is 0 Å². The van der Waals surface area contributed by atoms with Crippen molar-refractivity contribution >= 4 is 15.6 Å². The molecule has 0 amide bonds. The van der Waals surface area contributed by atoms with Crippen LogP contribution in [0.5, 0.6) is 0 Å². The molecule has 0 radical (unpaired) electrons. The highest BCUT2D eigenvalue weighted by molar-refractivity contribution is 7.93. The minimum atomic E-state index is -2.90. The van der Waals surface area contributed by atoms with Gasteiger partial charge in [-0.3, -0.25) is 4.79 Å². The van der Waals surface area contributed by atoms with Gasteiger partial charge < -0.3 is 0 Å². The molecule has 0 aromatic rings. The first-order valence-corrected chi connectivity index (χ1v) is 7.01. The first-order chi connectivity index (χ1) is 6.64. The first-order valence-electron chi connectivity index (χ1n) is 5.40. The molecule has 1 aliphatic heterocycles. The van der Waals surface area contributed by atoms with Crippen LogP contribution in [0, 0.1) is 35.5 Å². The van der Waals surface area contributed by atoms with E-state index in [9.17, 15) is 13.2 Å². The summed E-state index contributed by atoms with van der Waals surface area (Å²) in [6.45, 7) is 0. The van der Waals surface area contributed by atoms with Crippen molar-refractivity contribution in [2.75, 3.05) is 0 Å². The Morgan fingerprint density at radius 1 is 1.00 bits per heavy atom.